The number of hydrogen-bond donors (Lipinski definition) is 1. The van der Waals surface area contributed by atoms with Gasteiger partial charge in [0.2, 0.25) is 11.8 Å². The van der Waals surface area contributed by atoms with Crippen molar-refractivity contribution in [2.45, 2.75) is 40.0 Å². The van der Waals surface area contributed by atoms with Gasteiger partial charge in [-0.15, -0.1) is 0 Å². The van der Waals surface area contributed by atoms with Gasteiger partial charge in [-0.3, -0.25) is 9.59 Å². The van der Waals surface area contributed by atoms with Crippen molar-refractivity contribution in [3.63, 3.8) is 0 Å². The smallest absolute Gasteiger partial charge is 0.241 e. The van der Waals surface area contributed by atoms with Crippen LogP contribution in [0, 0.1) is 0 Å². The lowest BCUT2D eigenvalue weighted by Crippen LogP contribution is -2.42. The maximum absolute atomic E-state index is 11.4. The van der Waals surface area contributed by atoms with Crippen LogP contribution in [-0.2, 0) is 9.59 Å². The maximum Gasteiger partial charge on any atom is 0.241 e. The van der Waals surface area contributed by atoms with Gasteiger partial charge in [0.1, 0.15) is 0 Å². The van der Waals surface area contributed by atoms with Crippen LogP contribution in [-0.4, -0.2) is 36.3 Å². The minimum absolute atomic E-state index is 0.0369. The second-order valence-corrected chi connectivity index (χ2v) is 4.51. The van der Waals surface area contributed by atoms with E-state index < -0.39 is 0 Å². The lowest BCUT2D eigenvalue weighted by atomic mass is 10.1. The van der Waals surface area contributed by atoms with E-state index in [1.165, 1.54) is 13.3 Å². The molecule has 0 radical (unpaired) electrons. The second-order valence-electron chi connectivity index (χ2n) is 4.51. The molecule has 21 heavy (non-hydrogen) atoms. The Balaban J connectivity index is 0.000000416. The molecule has 1 N–H and O–H groups in total. The summed E-state index contributed by atoms with van der Waals surface area (Å²) in [6.07, 6.45) is 3.39. The van der Waals surface area contributed by atoms with Gasteiger partial charge in [0.25, 0.3) is 0 Å². The summed E-state index contributed by atoms with van der Waals surface area (Å²) in [7, 11) is 0. The Morgan fingerprint density at radius 3 is 1.71 bits per heavy atom. The number of amides is 2. The van der Waals surface area contributed by atoms with Crippen LogP contribution < -0.4 is 5.32 Å². The number of rotatable bonds is 2. The second kappa shape index (κ2) is 13.2. The van der Waals surface area contributed by atoms with Gasteiger partial charge in [-0.2, -0.15) is 0 Å². The molecule has 4 heteroatoms. The number of benzene rings is 1. The fourth-order valence-corrected chi connectivity index (χ4v) is 1.84. The van der Waals surface area contributed by atoms with Crippen molar-refractivity contribution in [3.8, 4) is 0 Å². The quantitative estimate of drug-likeness (QED) is 0.911. The Hall–Kier alpha value is -1.84. The molecule has 0 saturated carbocycles. The summed E-state index contributed by atoms with van der Waals surface area (Å²) in [5, 5.41) is 2.51. The first-order valence-electron chi connectivity index (χ1n) is 7.72. The van der Waals surface area contributed by atoms with Gasteiger partial charge < -0.3 is 10.2 Å². The molecular weight excluding hydrogens is 264 g/mol. The van der Waals surface area contributed by atoms with Crippen LogP contribution in [0.5, 0.6) is 0 Å². The molecule has 1 aliphatic rings. The zero-order valence-electron chi connectivity index (χ0n) is 13.5. The highest BCUT2D eigenvalue weighted by atomic mass is 16.2. The van der Waals surface area contributed by atoms with Gasteiger partial charge >= 0.3 is 0 Å². The third-order valence-electron chi connectivity index (χ3n) is 2.86. The van der Waals surface area contributed by atoms with E-state index in [2.05, 4.69) is 5.32 Å². The van der Waals surface area contributed by atoms with E-state index in [0.29, 0.717) is 0 Å². The summed E-state index contributed by atoms with van der Waals surface area (Å²) in [4.78, 5) is 23.8. The number of likely N-dealkylation sites (tertiary alicyclic amines) is 1. The zero-order valence-corrected chi connectivity index (χ0v) is 13.5. The molecule has 2 amide bonds. The van der Waals surface area contributed by atoms with Gasteiger partial charge in [0.05, 0.1) is 6.54 Å². The number of nitrogens with zero attached hydrogens (tertiary/aromatic N) is 1. The summed E-state index contributed by atoms with van der Waals surface area (Å²) in [5.41, 5.74) is 0. The first kappa shape index (κ1) is 19.2. The van der Waals surface area contributed by atoms with Crippen molar-refractivity contribution in [2.75, 3.05) is 19.6 Å². The van der Waals surface area contributed by atoms with Crippen LogP contribution in [0.3, 0.4) is 0 Å². The Kier molecular flexibility index (Phi) is 12.0. The van der Waals surface area contributed by atoms with E-state index in [1.807, 2.05) is 55.1 Å². The average molecular weight is 292 g/mol. The highest BCUT2D eigenvalue weighted by Gasteiger charge is 2.15. The van der Waals surface area contributed by atoms with Crippen LogP contribution in [0.2, 0.25) is 0 Å². The SMILES string of the molecule is CC.CC(=O)NCC(=O)N1CCCCC1.c1ccccc1. The van der Waals surface area contributed by atoms with Crippen molar-refractivity contribution in [3.05, 3.63) is 36.4 Å². The molecule has 0 unspecified atom stereocenters. The van der Waals surface area contributed by atoms with Crippen LogP contribution in [0.4, 0.5) is 0 Å². The molecule has 2 rings (SSSR count). The van der Waals surface area contributed by atoms with E-state index >= 15 is 0 Å². The number of carbonyl (C=O) groups is 2. The molecule has 1 fully saturated rings. The highest BCUT2D eigenvalue weighted by Crippen LogP contribution is 2.07. The molecule has 1 aromatic rings. The predicted octanol–water partition coefficient (Wildman–Crippen LogP) is 2.85. The number of piperidine rings is 1. The van der Waals surface area contributed by atoms with E-state index in [9.17, 15) is 9.59 Å². The van der Waals surface area contributed by atoms with Crippen LogP contribution in [0.25, 0.3) is 0 Å². The third-order valence-corrected chi connectivity index (χ3v) is 2.86. The number of nitrogens with one attached hydrogen (secondary N) is 1. The van der Waals surface area contributed by atoms with Crippen molar-refractivity contribution >= 4 is 11.8 Å². The Morgan fingerprint density at radius 2 is 1.33 bits per heavy atom. The van der Waals surface area contributed by atoms with Crippen molar-refractivity contribution in [1.29, 1.82) is 0 Å². The minimum atomic E-state index is -0.148. The first-order chi connectivity index (χ1) is 10.2. The van der Waals surface area contributed by atoms with Crippen LogP contribution >= 0.6 is 0 Å². The monoisotopic (exact) mass is 292 g/mol. The van der Waals surface area contributed by atoms with Crippen LogP contribution in [0.15, 0.2) is 36.4 Å². The number of hydrogen-bond acceptors (Lipinski definition) is 2. The fourth-order valence-electron chi connectivity index (χ4n) is 1.84. The molecule has 0 spiro atoms. The van der Waals surface area contributed by atoms with E-state index in [-0.39, 0.29) is 18.4 Å². The standard InChI is InChI=1S/C9H16N2O2.C6H6.C2H6/c1-8(12)10-7-9(13)11-5-3-2-4-6-11;1-2-4-6-5-3-1;1-2/h2-7H2,1H3,(H,10,12);1-6H;1-2H3. The topological polar surface area (TPSA) is 49.4 Å². The van der Waals surface area contributed by atoms with Gasteiger partial charge in [0, 0.05) is 20.0 Å². The molecule has 0 bridgehead atoms. The molecule has 118 valence electrons. The number of carbonyl (C=O) groups excluding carboxylic acids is 2. The van der Waals surface area contributed by atoms with Crippen molar-refractivity contribution in [2.24, 2.45) is 0 Å². The largest absolute Gasteiger partial charge is 0.347 e. The zero-order chi connectivity index (χ0) is 15.9. The Morgan fingerprint density at radius 1 is 0.905 bits per heavy atom. The predicted molar refractivity (Wildman–Crippen MR) is 86.9 cm³/mol. The summed E-state index contributed by atoms with van der Waals surface area (Å²) in [6.45, 7) is 7.26. The van der Waals surface area contributed by atoms with Gasteiger partial charge in [-0.25, -0.2) is 0 Å². The van der Waals surface area contributed by atoms with E-state index in [1.54, 1.807) is 0 Å². The molecule has 1 heterocycles. The third kappa shape index (κ3) is 10.6. The first-order valence-corrected chi connectivity index (χ1v) is 7.72. The fraction of sp³-hybridized carbons (Fsp3) is 0.529. The summed E-state index contributed by atoms with van der Waals surface area (Å²) < 4.78 is 0. The van der Waals surface area contributed by atoms with Crippen molar-refractivity contribution in [1.82, 2.24) is 10.2 Å². The molecule has 0 aromatic heterocycles. The molecule has 0 atom stereocenters. The molecule has 1 aliphatic heterocycles. The Labute approximate surface area is 128 Å². The molecular formula is C17H28N2O2. The van der Waals surface area contributed by atoms with Gasteiger partial charge in [0.15, 0.2) is 0 Å². The van der Waals surface area contributed by atoms with Crippen LogP contribution in [0.1, 0.15) is 40.0 Å². The summed E-state index contributed by atoms with van der Waals surface area (Å²) >= 11 is 0. The average Bonchev–Trinajstić information content (AvgIpc) is 2.57. The van der Waals surface area contributed by atoms with E-state index in [4.69, 9.17) is 0 Å². The normalized spacial score (nSPS) is 13.0. The van der Waals surface area contributed by atoms with Gasteiger partial charge in [-0.1, -0.05) is 50.2 Å². The van der Waals surface area contributed by atoms with Gasteiger partial charge in [-0.05, 0) is 19.3 Å². The molecule has 1 saturated heterocycles. The van der Waals surface area contributed by atoms with Crippen molar-refractivity contribution < 1.29 is 9.59 Å². The molecule has 1 aromatic carbocycles. The Bertz CT molecular complexity index is 347. The van der Waals surface area contributed by atoms with E-state index in [0.717, 1.165) is 25.9 Å². The summed E-state index contributed by atoms with van der Waals surface area (Å²) in [6, 6.07) is 12.0. The molecule has 0 aliphatic carbocycles. The molecule has 4 nitrogen and oxygen atoms in total. The maximum atomic E-state index is 11.4. The summed E-state index contributed by atoms with van der Waals surface area (Å²) in [5.74, 6) is -0.111. The lowest BCUT2D eigenvalue weighted by Gasteiger charge is -2.26. The lowest BCUT2D eigenvalue weighted by molar-refractivity contribution is -0.133. The highest BCUT2D eigenvalue weighted by molar-refractivity contribution is 5.83. The minimum Gasteiger partial charge on any atom is -0.347 e.